The van der Waals surface area contributed by atoms with Gasteiger partial charge in [0.25, 0.3) is 5.95 Å². The van der Waals surface area contributed by atoms with Gasteiger partial charge in [0.15, 0.2) is 11.5 Å². The predicted octanol–water partition coefficient (Wildman–Crippen LogP) is 3.36. The summed E-state index contributed by atoms with van der Waals surface area (Å²) in [4.78, 5) is 0. The summed E-state index contributed by atoms with van der Waals surface area (Å²) >= 11 is 6.40. The molecule has 0 unspecified atom stereocenters. The van der Waals surface area contributed by atoms with Crippen LogP contribution < -0.4 is 14.8 Å². The highest BCUT2D eigenvalue weighted by Gasteiger charge is 2.13. The van der Waals surface area contributed by atoms with E-state index in [2.05, 4.69) is 25.9 Å². The van der Waals surface area contributed by atoms with E-state index < -0.39 is 0 Å². The van der Waals surface area contributed by atoms with Gasteiger partial charge in [-0.3, -0.25) is 0 Å². The highest BCUT2D eigenvalue weighted by molar-refractivity contribution is 6.32. The summed E-state index contributed by atoms with van der Waals surface area (Å²) in [6.07, 6.45) is 0. The highest BCUT2D eigenvalue weighted by atomic mass is 35.5. The third kappa shape index (κ3) is 4.19. The molecule has 8 heteroatoms. The van der Waals surface area contributed by atoms with E-state index in [1.165, 1.54) is 5.56 Å². The van der Waals surface area contributed by atoms with Crippen molar-refractivity contribution in [3.05, 3.63) is 58.1 Å². The van der Waals surface area contributed by atoms with E-state index in [1.54, 1.807) is 7.11 Å². The van der Waals surface area contributed by atoms with Crippen molar-refractivity contribution in [1.29, 1.82) is 0 Å². The molecule has 0 spiro atoms. The van der Waals surface area contributed by atoms with Crippen molar-refractivity contribution in [3.8, 4) is 11.5 Å². The van der Waals surface area contributed by atoms with Crippen molar-refractivity contribution in [1.82, 2.24) is 20.6 Å². The number of tetrazole rings is 1. The molecular weight excluding hydrogens is 342 g/mol. The molecule has 3 aromatic rings. The molecule has 3 rings (SSSR count). The van der Waals surface area contributed by atoms with Gasteiger partial charge in [0.05, 0.1) is 12.1 Å². The lowest BCUT2D eigenvalue weighted by molar-refractivity contribution is 0.284. The smallest absolute Gasteiger partial charge is 0.263 e. The minimum absolute atomic E-state index is 0.412. The van der Waals surface area contributed by atoms with Crippen molar-refractivity contribution in [2.45, 2.75) is 20.1 Å². The Morgan fingerprint density at radius 2 is 2.08 bits per heavy atom. The fourth-order valence-electron chi connectivity index (χ4n) is 2.36. The summed E-state index contributed by atoms with van der Waals surface area (Å²) in [7, 11) is 1.59. The van der Waals surface area contributed by atoms with Gasteiger partial charge in [-0.25, -0.2) is 0 Å². The van der Waals surface area contributed by atoms with Crippen molar-refractivity contribution in [2.75, 3.05) is 12.4 Å². The fourth-order valence-corrected chi connectivity index (χ4v) is 2.64. The normalized spacial score (nSPS) is 10.5. The molecule has 130 valence electrons. The zero-order chi connectivity index (χ0) is 17.6. The molecule has 1 heterocycles. The summed E-state index contributed by atoms with van der Waals surface area (Å²) < 4.78 is 11.3. The van der Waals surface area contributed by atoms with Gasteiger partial charge >= 0.3 is 0 Å². The number of anilines is 1. The van der Waals surface area contributed by atoms with E-state index in [4.69, 9.17) is 21.1 Å². The number of aromatic amines is 1. The molecule has 0 aliphatic rings. The number of halogens is 1. The minimum Gasteiger partial charge on any atom is -0.493 e. The standard InChI is InChI=1S/C17H18ClN5O2/c1-11-5-3-4-6-13(11)10-25-16-14(18)7-12(8-15(16)24-2)9-19-17-20-22-23-21-17/h3-8H,9-10H2,1-2H3,(H2,19,20,21,22,23). The Hall–Kier alpha value is -2.80. The summed E-state index contributed by atoms with van der Waals surface area (Å²) in [6.45, 7) is 2.95. The second-order valence-corrected chi connectivity index (χ2v) is 5.82. The summed E-state index contributed by atoms with van der Waals surface area (Å²) in [6, 6.07) is 11.7. The first-order chi connectivity index (χ1) is 12.2. The number of hydrogen-bond acceptors (Lipinski definition) is 6. The zero-order valence-electron chi connectivity index (χ0n) is 13.9. The molecule has 0 aliphatic carbocycles. The maximum Gasteiger partial charge on any atom is 0.263 e. The first-order valence-electron chi connectivity index (χ1n) is 7.68. The first kappa shape index (κ1) is 17.0. The predicted molar refractivity (Wildman–Crippen MR) is 95.0 cm³/mol. The second-order valence-electron chi connectivity index (χ2n) is 5.41. The molecular formula is C17H18ClN5O2. The molecule has 7 nitrogen and oxygen atoms in total. The van der Waals surface area contributed by atoms with E-state index in [0.717, 1.165) is 11.1 Å². The molecule has 0 fully saturated rings. The Bertz CT molecular complexity index is 839. The third-order valence-electron chi connectivity index (χ3n) is 3.72. The fraction of sp³-hybridized carbons (Fsp3) is 0.235. The van der Waals surface area contributed by atoms with Crippen molar-refractivity contribution >= 4 is 17.5 Å². The van der Waals surface area contributed by atoms with Crippen molar-refractivity contribution in [2.24, 2.45) is 0 Å². The van der Waals surface area contributed by atoms with Crippen LogP contribution in [0.5, 0.6) is 11.5 Å². The number of benzene rings is 2. The van der Waals surface area contributed by atoms with Gasteiger partial charge in [-0.15, -0.1) is 5.10 Å². The van der Waals surface area contributed by atoms with Gasteiger partial charge in [0.1, 0.15) is 6.61 Å². The molecule has 0 radical (unpaired) electrons. The maximum absolute atomic E-state index is 6.40. The van der Waals surface area contributed by atoms with Crippen LogP contribution in [0.1, 0.15) is 16.7 Å². The van der Waals surface area contributed by atoms with Crippen LogP contribution in [0.3, 0.4) is 0 Å². The number of H-pyrrole nitrogens is 1. The quantitative estimate of drug-likeness (QED) is 0.672. The molecule has 1 aromatic heterocycles. The third-order valence-corrected chi connectivity index (χ3v) is 4.00. The molecule has 25 heavy (non-hydrogen) atoms. The topological polar surface area (TPSA) is 85.0 Å². The molecule has 0 saturated carbocycles. The Morgan fingerprint density at radius 3 is 2.80 bits per heavy atom. The highest BCUT2D eigenvalue weighted by Crippen LogP contribution is 2.37. The molecule has 0 saturated heterocycles. The number of ether oxygens (including phenoxy) is 2. The minimum atomic E-state index is 0.412. The Labute approximate surface area is 150 Å². The monoisotopic (exact) mass is 359 g/mol. The summed E-state index contributed by atoms with van der Waals surface area (Å²) in [5.74, 6) is 1.51. The Balaban J connectivity index is 1.74. The van der Waals surface area contributed by atoms with Crippen LogP contribution in [0, 0.1) is 6.92 Å². The van der Waals surface area contributed by atoms with Gasteiger partial charge in [0.2, 0.25) is 0 Å². The van der Waals surface area contributed by atoms with Gasteiger partial charge in [-0.1, -0.05) is 41.0 Å². The van der Waals surface area contributed by atoms with Crippen molar-refractivity contribution in [3.63, 3.8) is 0 Å². The average molecular weight is 360 g/mol. The van der Waals surface area contributed by atoms with Crippen LogP contribution in [0.25, 0.3) is 0 Å². The molecule has 2 aromatic carbocycles. The zero-order valence-corrected chi connectivity index (χ0v) is 14.7. The Kier molecular flexibility index (Phi) is 5.35. The van der Waals surface area contributed by atoms with Crippen LogP contribution in [-0.4, -0.2) is 27.7 Å². The lowest BCUT2D eigenvalue weighted by atomic mass is 10.1. The molecule has 0 aliphatic heterocycles. The Morgan fingerprint density at radius 1 is 1.24 bits per heavy atom. The number of aromatic nitrogens is 4. The molecule has 0 bridgehead atoms. The number of nitrogens with one attached hydrogen (secondary N) is 2. The van der Waals surface area contributed by atoms with E-state index in [9.17, 15) is 0 Å². The number of aryl methyl sites for hydroxylation is 1. The van der Waals surface area contributed by atoms with Crippen molar-refractivity contribution < 1.29 is 9.47 Å². The lowest BCUT2D eigenvalue weighted by Gasteiger charge is -2.15. The summed E-state index contributed by atoms with van der Waals surface area (Å²) in [5.41, 5.74) is 3.18. The van der Waals surface area contributed by atoms with E-state index >= 15 is 0 Å². The second kappa shape index (κ2) is 7.85. The van der Waals surface area contributed by atoms with Gasteiger partial charge in [-0.05, 0) is 41.0 Å². The number of nitrogens with zero attached hydrogens (tertiary/aromatic N) is 3. The lowest BCUT2D eigenvalue weighted by Crippen LogP contribution is -2.04. The van der Waals surface area contributed by atoms with Crippen LogP contribution in [0.4, 0.5) is 5.95 Å². The summed E-state index contributed by atoms with van der Waals surface area (Å²) in [5, 5.41) is 17.1. The van der Waals surface area contributed by atoms with E-state index in [-0.39, 0.29) is 0 Å². The van der Waals surface area contributed by atoms with E-state index in [1.807, 2.05) is 43.3 Å². The van der Waals surface area contributed by atoms with Gasteiger partial charge in [0, 0.05) is 6.54 Å². The van der Waals surface area contributed by atoms with Gasteiger partial charge in [-0.2, -0.15) is 5.21 Å². The molecule has 0 atom stereocenters. The molecule has 0 amide bonds. The van der Waals surface area contributed by atoms with Crippen LogP contribution >= 0.6 is 11.6 Å². The molecule has 2 N–H and O–H groups in total. The largest absolute Gasteiger partial charge is 0.493 e. The maximum atomic E-state index is 6.40. The SMILES string of the molecule is COc1cc(CNc2nn[nH]n2)cc(Cl)c1OCc1ccccc1C. The average Bonchev–Trinajstić information content (AvgIpc) is 3.13. The van der Waals surface area contributed by atoms with Crippen LogP contribution in [-0.2, 0) is 13.2 Å². The van der Waals surface area contributed by atoms with Crippen LogP contribution in [0.15, 0.2) is 36.4 Å². The first-order valence-corrected chi connectivity index (χ1v) is 8.06. The van der Waals surface area contributed by atoms with E-state index in [0.29, 0.717) is 35.6 Å². The van der Waals surface area contributed by atoms with Crippen LogP contribution in [0.2, 0.25) is 5.02 Å². The number of hydrogen-bond donors (Lipinski definition) is 2. The number of methoxy groups -OCH3 is 1. The number of rotatable bonds is 7. The van der Waals surface area contributed by atoms with Gasteiger partial charge < -0.3 is 14.8 Å².